The van der Waals surface area contributed by atoms with Gasteiger partial charge in [0.15, 0.2) is 15.9 Å². The first-order valence-corrected chi connectivity index (χ1v) is 8.95. The Morgan fingerprint density at radius 1 is 1.32 bits per heavy atom. The first kappa shape index (κ1) is 16.8. The second kappa shape index (κ2) is 6.66. The van der Waals surface area contributed by atoms with Gasteiger partial charge in [-0.3, -0.25) is 4.79 Å². The summed E-state index contributed by atoms with van der Waals surface area (Å²) in [6, 6.07) is 4.97. The molecule has 2 rings (SSSR count). The smallest absolute Gasteiger partial charge is 0.330 e. The molecule has 2 atom stereocenters. The molecular weight excluding hydrogens is 330 g/mol. The lowest BCUT2D eigenvalue weighted by Gasteiger charge is -2.16. The minimum Gasteiger partial charge on any atom is -0.479 e. The van der Waals surface area contributed by atoms with Crippen LogP contribution in [0.25, 0.3) is 0 Å². The van der Waals surface area contributed by atoms with Crippen LogP contribution in [-0.2, 0) is 19.4 Å². The van der Waals surface area contributed by atoms with Gasteiger partial charge in [-0.05, 0) is 30.0 Å². The lowest BCUT2D eigenvalue weighted by atomic mass is 10.0. The Morgan fingerprint density at radius 3 is 2.45 bits per heavy atom. The summed E-state index contributed by atoms with van der Waals surface area (Å²) in [4.78, 5) is 23.3. The van der Waals surface area contributed by atoms with Crippen LogP contribution in [-0.4, -0.2) is 36.9 Å². The molecule has 0 spiro atoms. The lowest BCUT2D eigenvalue weighted by molar-refractivity contribution is -0.142. The summed E-state index contributed by atoms with van der Waals surface area (Å²) in [5.41, 5.74) is 0.407. The molecule has 1 aliphatic heterocycles. The van der Waals surface area contributed by atoms with Gasteiger partial charge in [0.1, 0.15) is 0 Å². The van der Waals surface area contributed by atoms with Crippen molar-refractivity contribution in [1.29, 1.82) is 0 Å². The third-order valence-corrected chi connectivity index (χ3v) is 5.65. The molecule has 8 heteroatoms. The molecule has 1 aromatic carbocycles. The van der Waals surface area contributed by atoms with Crippen LogP contribution in [0, 0.1) is 5.92 Å². The zero-order chi connectivity index (χ0) is 16.3. The highest BCUT2D eigenvalue weighted by Crippen LogP contribution is 2.22. The van der Waals surface area contributed by atoms with Gasteiger partial charge in [0.25, 0.3) is 0 Å². The van der Waals surface area contributed by atoms with Crippen LogP contribution in [0.5, 0.6) is 0 Å². The SMILES string of the molecule is O=C(CC1CCS(=O)(=O)C1)NC(C(=O)O)c1ccc(Cl)cc1. The van der Waals surface area contributed by atoms with Crippen LogP contribution >= 0.6 is 11.6 Å². The number of carbonyl (C=O) groups excluding carboxylic acids is 1. The largest absolute Gasteiger partial charge is 0.479 e. The molecule has 1 aliphatic rings. The van der Waals surface area contributed by atoms with E-state index in [-0.39, 0.29) is 23.8 Å². The molecule has 1 amide bonds. The average molecular weight is 346 g/mol. The summed E-state index contributed by atoms with van der Waals surface area (Å²) in [6.07, 6.45) is 0.449. The number of hydrogen-bond acceptors (Lipinski definition) is 4. The zero-order valence-electron chi connectivity index (χ0n) is 11.7. The Labute approximate surface area is 133 Å². The molecule has 22 heavy (non-hydrogen) atoms. The molecule has 6 nitrogen and oxygen atoms in total. The van der Waals surface area contributed by atoms with Gasteiger partial charge in [-0.2, -0.15) is 0 Å². The number of rotatable bonds is 5. The Balaban J connectivity index is 2.01. The van der Waals surface area contributed by atoms with Crippen molar-refractivity contribution in [3.63, 3.8) is 0 Å². The minimum atomic E-state index is -3.05. The summed E-state index contributed by atoms with van der Waals surface area (Å²) in [6.45, 7) is 0. The number of benzene rings is 1. The van der Waals surface area contributed by atoms with Crippen LogP contribution < -0.4 is 5.32 Å². The average Bonchev–Trinajstić information content (AvgIpc) is 2.76. The normalized spacial score (nSPS) is 21.2. The molecule has 0 aliphatic carbocycles. The third-order valence-electron chi connectivity index (χ3n) is 3.56. The molecule has 0 aromatic heterocycles. The fraction of sp³-hybridized carbons (Fsp3) is 0.429. The monoisotopic (exact) mass is 345 g/mol. The van der Waals surface area contributed by atoms with E-state index in [4.69, 9.17) is 11.6 Å². The molecule has 120 valence electrons. The Morgan fingerprint density at radius 2 is 1.95 bits per heavy atom. The number of amides is 1. The minimum absolute atomic E-state index is 0.0105. The standard InChI is InChI=1S/C14H16ClNO5S/c15-11-3-1-10(2-4-11)13(14(18)19)16-12(17)7-9-5-6-22(20,21)8-9/h1-4,9,13H,5-8H2,(H,16,17)(H,18,19). The number of hydrogen-bond donors (Lipinski definition) is 2. The van der Waals surface area contributed by atoms with Gasteiger partial charge in [-0.15, -0.1) is 0 Å². The quantitative estimate of drug-likeness (QED) is 0.840. The predicted molar refractivity (Wildman–Crippen MR) is 81.3 cm³/mol. The van der Waals surface area contributed by atoms with Crippen molar-refractivity contribution in [2.45, 2.75) is 18.9 Å². The fourth-order valence-electron chi connectivity index (χ4n) is 2.46. The van der Waals surface area contributed by atoms with Gasteiger partial charge < -0.3 is 10.4 Å². The first-order valence-electron chi connectivity index (χ1n) is 6.75. The van der Waals surface area contributed by atoms with Gasteiger partial charge in [0.05, 0.1) is 11.5 Å². The number of nitrogens with one attached hydrogen (secondary N) is 1. The van der Waals surface area contributed by atoms with Crippen molar-refractivity contribution in [2.24, 2.45) is 5.92 Å². The first-order chi connectivity index (χ1) is 10.3. The van der Waals surface area contributed by atoms with Crippen LogP contribution in [0.2, 0.25) is 5.02 Å². The van der Waals surface area contributed by atoms with Crippen LogP contribution in [0.3, 0.4) is 0 Å². The van der Waals surface area contributed by atoms with E-state index in [2.05, 4.69) is 5.32 Å². The maximum Gasteiger partial charge on any atom is 0.330 e. The van der Waals surface area contributed by atoms with Crippen molar-refractivity contribution < 1.29 is 23.1 Å². The van der Waals surface area contributed by atoms with Crippen LogP contribution in [0.1, 0.15) is 24.4 Å². The van der Waals surface area contributed by atoms with E-state index in [0.717, 1.165) is 0 Å². The number of carboxylic acids is 1. The van der Waals surface area contributed by atoms with Crippen molar-refractivity contribution in [3.05, 3.63) is 34.9 Å². The highest BCUT2D eigenvalue weighted by Gasteiger charge is 2.30. The van der Waals surface area contributed by atoms with Crippen molar-refractivity contribution in [1.82, 2.24) is 5.32 Å². The molecule has 2 N–H and O–H groups in total. The predicted octanol–water partition coefficient (Wildman–Crippen LogP) is 1.41. The molecule has 0 bridgehead atoms. The summed E-state index contributed by atoms with van der Waals surface area (Å²) in [7, 11) is -3.05. The third kappa shape index (κ3) is 4.45. The Bertz CT molecular complexity index is 671. The molecule has 1 fully saturated rings. The lowest BCUT2D eigenvalue weighted by Crippen LogP contribution is -2.34. The number of sulfone groups is 1. The van der Waals surface area contributed by atoms with Crippen LogP contribution in [0.4, 0.5) is 0 Å². The molecule has 1 saturated heterocycles. The van der Waals surface area contributed by atoms with Crippen molar-refractivity contribution >= 4 is 33.3 Å². The highest BCUT2D eigenvalue weighted by atomic mass is 35.5. The molecule has 0 saturated carbocycles. The van der Waals surface area contributed by atoms with Gasteiger partial charge in [0.2, 0.25) is 5.91 Å². The van der Waals surface area contributed by atoms with E-state index in [9.17, 15) is 23.1 Å². The molecular formula is C14H16ClNO5S. The summed E-state index contributed by atoms with van der Waals surface area (Å²) < 4.78 is 22.7. The topological polar surface area (TPSA) is 101 Å². The van der Waals surface area contributed by atoms with Gasteiger partial charge in [0, 0.05) is 11.4 Å². The molecule has 1 aromatic rings. The van der Waals surface area contributed by atoms with Gasteiger partial charge in [-0.1, -0.05) is 23.7 Å². The zero-order valence-corrected chi connectivity index (χ0v) is 13.2. The van der Waals surface area contributed by atoms with Gasteiger partial charge >= 0.3 is 5.97 Å². The number of aliphatic carboxylic acids is 1. The van der Waals surface area contributed by atoms with Crippen molar-refractivity contribution in [2.75, 3.05) is 11.5 Å². The highest BCUT2D eigenvalue weighted by molar-refractivity contribution is 7.91. The number of carboxylic acid groups (broad SMARTS) is 1. The van der Waals surface area contributed by atoms with E-state index in [0.29, 0.717) is 17.0 Å². The van der Waals surface area contributed by atoms with E-state index < -0.39 is 27.8 Å². The Hall–Kier alpha value is -1.60. The molecule has 1 heterocycles. The molecule has 2 unspecified atom stereocenters. The molecule has 0 radical (unpaired) electrons. The maximum atomic E-state index is 12.0. The summed E-state index contributed by atoms with van der Waals surface area (Å²) in [5, 5.41) is 12.1. The van der Waals surface area contributed by atoms with Gasteiger partial charge in [-0.25, -0.2) is 13.2 Å². The van der Waals surface area contributed by atoms with E-state index >= 15 is 0 Å². The number of halogens is 1. The maximum absolute atomic E-state index is 12.0. The van der Waals surface area contributed by atoms with E-state index in [1.54, 1.807) is 12.1 Å². The van der Waals surface area contributed by atoms with Crippen LogP contribution in [0.15, 0.2) is 24.3 Å². The summed E-state index contributed by atoms with van der Waals surface area (Å²) >= 11 is 5.75. The summed E-state index contributed by atoms with van der Waals surface area (Å²) in [5.74, 6) is -1.83. The van der Waals surface area contributed by atoms with E-state index in [1.165, 1.54) is 12.1 Å². The Kier molecular flexibility index (Phi) is 5.08. The second-order valence-electron chi connectivity index (χ2n) is 5.36. The fourth-order valence-corrected chi connectivity index (χ4v) is 4.45. The number of carbonyl (C=O) groups is 2. The van der Waals surface area contributed by atoms with E-state index in [1.807, 2.05) is 0 Å². The van der Waals surface area contributed by atoms with Crippen molar-refractivity contribution in [3.8, 4) is 0 Å². The second-order valence-corrected chi connectivity index (χ2v) is 8.03.